The fourth-order valence-electron chi connectivity index (χ4n) is 3.77. The van der Waals surface area contributed by atoms with Crippen LogP contribution in [0.15, 0.2) is 18.2 Å². The lowest BCUT2D eigenvalue weighted by Gasteiger charge is -2.42. The van der Waals surface area contributed by atoms with Gasteiger partial charge in [0.25, 0.3) is 0 Å². The number of aromatic carboxylic acids is 1. The smallest absolute Gasteiger partial charge is 0.335 e. The SMILES string of the molecule is Nc1ccc(C(=O)O)cc1N1CCC2CCCCC2C1. The topological polar surface area (TPSA) is 66.6 Å². The third-order valence-corrected chi connectivity index (χ3v) is 4.91. The van der Waals surface area contributed by atoms with Gasteiger partial charge >= 0.3 is 5.97 Å². The van der Waals surface area contributed by atoms with E-state index in [1.54, 1.807) is 18.2 Å². The van der Waals surface area contributed by atoms with Crippen LogP contribution in [0.5, 0.6) is 0 Å². The number of nitrogens with two attached hydrogens (primary N) is 1. The second-order valence-electron chi connectivity index (χ2n) is 6.12. The number of carbonyl (C=O) groups is 1. The Kier molecular flexibility index (Phi) is 3.55. The van der Waals surface area contributed by atoms with Crippen molar-refractivity contribution in [2.24, 2.45) is 11.8 Å². The molecule has 1 saturated heterocycles. The molecule has 3 N–H and O–H groups in total. The Balaban J connectivity index is 1.82. The van der Waals surface area contributed by atoms with Crippen molar-refractivity contribution in [2.45, 2.75) is 32.1 Å². The van der Waals surface area contributed by atoms with Crippen molar-refractivity contribution >= 4 is 17.3 Å². The van der Waals surface area contributed by atoms with Crippen LogP contribution in [0.4, 0.5) is 11.4 Å². The first-order chi connectivity index (χ1) is 9.65. The molecule has 1 aromatic rings. The van der Waals surface area contributed by atoms with Crippen LogP contribution in [-0.2, 0) is 0 Å². The largest absolute Gasteiger partial charge is 0.478 e. The van der Waals surface area contributed by atoms with E-state index in [-0.39, 0.29) is 0 Å². The van der Waals surface area contributed by atoms with Crippen molar-refractivity contribution in [3.8, 4) is 0 Å². The zero-order chi connectivity index (χ0) is 14.1. The fraction of sp³-hybridized carbons (Fsp3) is 0.562. The summed E-state index contributed by atoms with van der Waals surface area (Å²) in [5, 5.41) is 9.13. The molecule has 4 heteroatoms. The maximum absolute atomic E-state index is 11.1. The van der Waals surface area contributed by atoms with Crippen LogP contribution in [0.1, 0.15) is 42.5 Å². The highest BCUT2D eigenvalue weighted by atomic mass is 16.4. The molecule has 0 aromatic heterocycles. The van der Waals surface area contributed by atoms with E-state index in [9.17, 15) is 4.79 Å². The van der Waals surface area contributed by atoms with Crippen LogP contribution in [0.3, 0.4) is 0 Å². The molecule has 108 valence electrons. The Morgan fingerprint density at radius 2 is 1.95 bits per heavy atom. The van der Waals surface area contributed by atoms with Crippen molar-refractivity contribution in [1.82, 2.24) is 0 Å². The second kappa shape index (κ2) is 5.35. The van der Waals surface area contributed by atoms with E-state index in [0.29, 0.717) is 11.3 Å². The molecule has 3 rings (SSSR count). The third kappa shape index (κ3) is 2.47. The van der Waals surface area contributed by atoms with Gasteiger partial charge in [-0.3, -0.25) is 0 Å². The fourth-order valence-corrected chi connectivity index (χ4v) is 3.77. The Morgan fingerprint density at radius 3 is 2.70 bits per heavy atom. The average Bonchev–Trinajstić information content (AvgIpc) is 2.47. The van der Waals surface area contributed by atoms with Gasteiger partial charge in [-0.1, -0.05) is 19.3 Å². The molecule has 4 nitrogen and oxygen atoms in total. The van der Waals surface area contributed by atoms with Crippen LogP contribution >= 0.6 is 0 Å². The molecule has 1 saturated carbocycles. The maximum atomic E-state index is 11.1. The Labute approximate surface area is 119 Å². The normalized spacial score (nSPS) is 26.1. The van der Waals surface area contributed by atoms with Crippen molar-refractivity contribution < 1.29 is 9.90 Å². The first-order valence-electron chi connectivity index (χ1n) is 7.53. The lowest BCUT2D eigenvalue weighted by Crippen LogP contribution is -2.42. The second-order valence-corrected chi connectivity index (χ2v) is 6.12. The average molecular weight is 274 g/mol. The molecule has 2 fully saturated rings. The number of rotatable bonds is 2. The highest BCUT2D eigenvalue weighted by Gasteiger charge is 2.31. The zero-order valence-corrected chi connectivity index (χ0v) is 11.7. The predicted octanol–water partition coefficient (Wildman–Crippen LogP) is 2.98. The highest BCUT2D eigenvalue weighted by molar-refractivity contribution is 5.90. The van der Waals surface area contributed by atoms with E-state index in [0.717, 1.165) is 30.6 Å². The van der Waals surface area contributed by atoms with Crippen molar-refractivity contribution in [3.05, 3.63) is 23.8 Å². The number of carboxylic acids is 1. The number of benzene rings is 1. The summed E-state index contributed by atoms with van der Waals surface area (Å²) in [5.74, 6) is 0.730. The molecule has 2 atom stereocenters. The van der Waals surface area contributed by atoms with Crippen molar-refractivity contribution in [2.75, 3.05) is 23.7 Å². The molecule has 0 radical (unpaired) electrons. The van der Waals surface area contributed by atoms with Gasteiger partial charge in [-0.15, -0.1) is 0 Å². The highest BCUT2D eigenvalue weighted by Crippen LogP contribution is 2.38. The lowest BCUT2D eigenvalue weighted by molar-refractivity contribution is 0.0697. The molecule has 2 aliphatic rings. The van der Waals surface area contributed by atoms with Crippen molar-refractivity contribution in [1.29, 1.82) is 0 Å². The van der Waals surface area contributed by atoms with Gasteiger partial charge in [0.15, 0.2) is 0 Å². The van der Waals surface area contributed by atoms with E-state index in [1.165, 1.54) is 32.1 Å². The van der Waals surface area contributed by atoms with E-state index in [4.69, 9.17) is 10.8 Å². The molecular formula is C16H22N2O2. The number of nitrogens with zero attached hydrogens (tertiary/aromatic N) is 1. The molecule has 20 heavy (non-hydrogen) atoms. The molecule has 1 heterocycles. The Hall–Kier alpha value is -1.71. The minimum Gasteiger partial charge on any atom is -0.478 e. The minimum absolute atomic E-state index is 0.319. The van der Waals surface area contributed by atoms with Gasteiger partial charge in [-0.25, -0.2) is 4.79 Å². The number of hydrogen-bond donors (Lipinski definition) is 2. The number of piperidine rings is 1. The third-order valence-electron chi connectivity index (χ3n) is 4.91. The van der Waals surface area contributed by atoms with Gasteiger partial charge in [0.1, 0.15) is 0 Å². The van der Waals surface area contributed by atoms with Gasteiger partial charge < -0.3 is 15.7 Å². The Bertz CT molecular complexity index is 515. The zero-order valence-electron chi connectivity index (χ0n) is 11.7. The summed E-state index contributed by atoms with van der Waals surface area (Å²) in [6, 6.07) is 5.01. The molecule has 1 aromatic carbocycles. The monoisotopic (exact) mass is 274 g/mol. The van der Waals surface area contributed by atoms with Crippen LogP contribution < -0.4 is 10.6 Å². The molecular weight excluding hydrogens is 252 g/mol. The molecule has 1 aliphatic carbocycles. The maximum Gasteiger partial charge on any atom is 0.335 e. The predicted molar refractivity (Wildman–Crippen MR) is 80.1 cm³/mol. The van der Waals surface area contributed by atoms with Gasteiger partial charge in [-0.2, -0.15) is 0 Å². The molecule has 0 amide bonds. The number of anilines is 2. The molecule has 2 unspecified atom stereocenters. The van der Waals surface area contributed by atoms with Crippen LogP contribution in [-0.4, -0.2) is 24.2 Å². The Morgan fingerprint density at radius 1 is 1.20 bits per heavy atom. The summed E-state index contributed by atoms with van der Waals surface area (Å²) >= 11 is 0. The number of hydrogen-bond acceptors (Lipinski definition) is 3. The molecule has 0 bridgehead atoms. The summed E-state index contributed by atoms with van der Waals surface area (Å²) in [6.45, 7) is 2.02. The first-order valence-corrected chi connectivity index (χ1v) is 7.53. The number of fused-ring (bicyclic) bond motifs is 1. The van der Waals surface area contributed by atoms with Crippen molar-refractivity contribution in [3.63, 3.8) is 0 Å². The van der Waals surface area contributed by atoms with E-state index >= 15 is 0 Å². The van der Waals surface area contributed by atoms with Crippen LogP contribution in [0.25, 0.3) is 0 Å². The van der Waals surface area contributed by atoms with Crippen LogP contribution in [0.2, 0.25) is 0 Å². The summed E-state index contributed by atoms with van der Waals surface area (Å²) in [6.07, 6.45) is 6.59. The quantitative estimate of drug-likeness (QED) is 0.814. The first kappa shape index (κ1) is 13.3. The van der Waals surface area contributed by atoms with Gasteiger partial charge in [0, 0.05) is 13.1 Å². The summed E-state index contributed by atoms with van der Waals surface area (Å²) in [5.41, 5.74) is 7.95. The number of carboxylic acid groups (broad SMARTS) is 1. The summed E-state index contributed by atoms with van der Waals surface area (Å²) in [4.78, 5) is 13.4. The summed E-state index contributed by atoms with van der Waals surface area (Å²) in [7, 11) is 0. The van der Waals surface area contributed by atoms with Gasteiger partial charge in [0.05, 0.1) is 16.9 Å². The number of nitrogen functional groups attached to an aromatic ring is 1. The lowest BCUT2D eigenvalue weighted by atomic mass is 9.75. The standard InChI is InChI=1S/C16H22N2O2/c17-14-6-5-12(16(19)20)9-15(14)18-8-7-11-3-1-2-4-13(11)10-18/h5-6,9,11,13H,1-4,7-8,10,17H2,(H,19,20). The minimum atomic E-state index is -0.890. The molecule has 0 spiro atoms. The van der Waals surface area contributed by atoms with Crippen LogP contribution in [0, 0.1) is 11.8 Å². The van der Waals surface area contributed by atoms with E-state index in [1.807, 2.05) is 0 Å². The summed E-state index contributed by atoms with van der Waals surface area (Å²) < 4.78 is 0. The van der Waals surface area contributed by atoms with E-state index < -0.39 is 5.97 Å². The van der Waals surface area contributed by atoms with E-state index in [2.05, 4.69) is 4.90 Å². The van der Waals surface area contributed by atoms with Gasteiger partial charge in [-0.05, 0) is 42.9 Å². The molecule has 1 aliphatic heterocycles. The van der Waals surface area contributed by atoms with Gasteiger partial charge in [0.2, 0.25) is 0 Å².